The van der Waals surface area contributed by atoms with Crippen molar-refractivity contribution in [1.82, 2.24) is 14.9 Å². The standard InChI is InChI=1S/C13H19N5O/c1-9-15-5-10(6-16-9)17-12(19)18-7-11(14)13(8-18)3-2-4-13/h5-6,11H,2-4,7-8,14H2,1H3,(H,17,19). The normalized spacial score (nSPS) is 24.3. The fraction of sp³-hybridized carbons (Fsp3) is 0.615. The number of nitrogens with zero attached hydrogens (tertiary/aromatic N) is 3. The minimum Gasteiger partial charge on any atom is -0.326 e. The van der Waals surface area contributed by atoms with Crippen molar-refractivity contribution < 1.29 is 4.79 Å². The van der Waals surface area contributed by atoms with Gasteiger partial charge in [-0.05, 0) is 19.8 Å². The van der Waals surface area contributed by atoms with Crippen LogP contribution in [0.3, 0.4) is 0 Å². The van der Waals surface area contributed by atoms with Crippen LogP contribution in [0.4, 0.5) is 10.5 Å². The third-order valence-corrected chi connectivity index (χ3v) is 4.38. The molecule has 2 aliphatic rings. The monoisotopic (exact) mass is 261 g/mol. The summed E-state index contributed by atoms with van der Waals surface area (Å²) in [6.07, 6.45) is 6.76. The van der Waals surface area contributed by atoms with Gasteiger partial charge in [-0.2, -0.15) is 0 Å². The van der Waals surface area contributed by atoms with Crippen molar-refractivity contribution in [3.8, 4) is 0 Å². The SMILES string of the molecule is Cc1ncc(NC(=O)N2CC(N)C3(CCC3)C2)cn1. The molecule has 102 valence electrons. The number of carbonyl (C=O) groups excluding carboxylic acids is 1. The second kappa shape index (κ2) is 4.45. The molecule has 1 aromatic rings. The predicted molar refractivity (Wildman–Crippen MR) is 71.6 cm³/mol. The average molecular weight is 261 g/mol. The molecule has 0 aromatic carbocycles. The Labute approximate surface area is 112 Å². The van der Waals surface area contributed by atoms with Crippen LogP contribution in [0.2, 0.25) is 0 Å². The van der Waals surface area contributed by atoms with Crippen LogP contribution in [0.1, 0.15) is 25.1 Å². The Morgan fingerprint density at radius 1 is 1.47 bits per heavy atom. The molecule has 2 amide bonds. The van der Waals surface area contributed by atoms with E-state index in [0.29, 0.717) is 18.1 Å². The molecule has 3 rings (SSSR count). The van der Waals surface area contributed by atoms with E-state index in [0.717, 1.165) is 19.4 Å². The van der Waals surface area contributed by atoms with Gasteiger partial charge in [0.05, 0.1) is 18.1 Å². The largest absolute Gasteiger partial charge is 0.326 e. The number of nitrogens with two attached hydrogens (primary N) is 1. The average Bonchev–Trinajstić information content (AvgIpc) is 2.70. The maximum absolute atomic E-state index is 12.2. The van der Waals surface area contributed by atoms with Crippen molar-refractivity contribution >= 4 is 11.7 Å². The third-order valence-electron chi connectivity index (χ3n) is 4.38. The van der Waals surface area contributed by atoms with Gasteiger partial charge in [-0.1, -0.05) is 6.42 Å². The highest BCUT2D eigenvalue weighted by atomic mass is 16.2. The number of likely N-dealkylation sites (tertiary alicyclic amines) is 1. The lowest BCUT2D eigenvalue weighted by atomic mass is 9.66. The van der Waals surface area contributed by atoms with Crippen molar-refractivity contribution in [2.45, 2.75) is 32.2 Å². The fourth-order valence-electron chi connectivity index (χ4n) is 2.97. The summed E-state index contributed by atoms with van der Waals surface area (Å²) in [7, 11) is 0. The number of amides is 2. The Balaban J connectivity index is 1.64. The van der Waals surface area contributed by atoms with E-state index in [1.807, 2.05) is 11.8 Å². The van der Waals surface area contributed by atoms with Crippen molar-refractivity contribution in [2.75, 3.05) is 18.4 Å². The number of urea groups is 1. The van der Waals surface area contributed by atoms with Crippen molar-refractivity contribution in [3.63, 3.8) is 0 Å². The molecule has 6 heteroatoms. The van der Waals surface area contributed by atoms with Crippen LogP contribution in [0.15, 0.2) is 12.4 Å². The molecule has 3 N–H and O–H groups in total. The van der Waals surface area contributed by atoms with Gasteiger partial charge in [-0.3, -0.25) is 0 Å². The lowest BCUT2D eigenvalue weighted by Crippen LogP contribution is -2.45. The van der Waals surface area contributed by atoms with Gasteiger partial charge in [0.25, 0.3) is 0 Å². The van der Waals surface area contributed by atoms with E-state index < -0.39 is 0 Å². The highest BCUT2D eigenvalue weighted by Crippen LogP contribution is 2.47. The second-order valence-electron chi connectivity index (χ2n) is 5.65. The van der Waals surface area contributed by atoms with Crippen LogP contribution < -0.4 is 11.1 Å². The first-order valence-electron chi connectivity index (χ1n) is 6.69. The molecule has 1 atom stereocenters. The van der Waals surface area contributed by atoms with Gasteiger partial charge in [0.2, 0.25) is 0 Å². The predicted octanol–water partition coefficient (Wildman–Crippen LogP) is 1.13. The van der Waals surface area contributed by atoms with Crippen molar-refractivity contribution in [3.05, 3.63) is 18.2 Å². The van der Waals surface area contributed by atoms with Crippen LogP contribution in [0.25, 0.3) is 0 Å². The van der Waals surface area contributed by atoms with Crippen LogP contribution in [0.5, 0.6) is 0 Å². The van der Waals surface area contributed by atoms with Crippen LogP contribution >= 0.6 is 0 Å². The zero-order chi connectivity index (χ0) is 13.5. The number of rotatable bonds is 1. The van der Waals surface area contributed by atoms with Crippen LogP contribution in [0, 0.1) is 12.3 Å². The van der Waals surface area contributed by atoms with E-state index in [1.165, 1.54) is 6.42 Å². The summed E-state index contributed by atoms with van der Waals surface area (Å²) in [6, 6.07) is 0.00736. The van der Waals surface area contributed by atoms with Gasteiger partial charge >= 0.3 is 6.03 Å². The first kappa shape index (κ1) is 12.3. The van der Waals surface area contributed by atoms with Crippen LogP contribution in [-0.4, -0.2) is 40.0 Å². The van der Waals surface area contributed by atoms with Crippen molar-refractivity contribution in [1.29, 1.82) is 0 Å². The number of aryl methyl sites for hydroxylation is 1. The molecule has 19 heavy (non-hydrogen) atoms. The number of hydrogen-bond acceptors (Lipinski definition) is 4. The summed E-state index contributed by atoms with van der Waals surface area (Å²) < 4.78 is 0. The topological polar surface area (TPSA) is 84.1 Å². The minimum atomic E-state index is -0.105. The van der Waals surface area contributed by atoms with Crippen LogP contribution in [-0.2, 0) is 0 Å². The van der Waals surface area contributed by atoms with Gasteiger partial charge in [-0.25, -0.2) is 14.8 Å². The molecule has 1 aliphatic carbocycles. The lowest BCUT2D eigenvalue weighted by molar-refractivity contribution is 0.127. The molecular weight excluding hydrogens is 242 g/mol. The maximum atomic E-state index is 12.2. The van der Waals surface area contributed by atoms with E-state index in [4.69, 9.17) is 5.73 Å². The molecule has 1 unspecified atom stereocenters. The lowest BCUT2D eigenvalue weighted by Gasteiger charge is -2.41. The van der Waals surface area contributed by atoms with E-state index >= 15 is 0 Å². The Kier molecular flexibility index (Phi) is 2.89. The molecule has 2 fully saturated rings. The maximum Gasteiger partial charge on any atom is 0.322 e. The Bertz CT molecular complexity index is 482. The molecule has 1 saturated heterocycles. The van der Waals surface area contributed by atoms with Gasteiger partial charge in [0.15, 0.2) is 0 Å². The summed E-state index contributed by atoms with van der Waals surface area (Å²) in [5.74, 6) is 0.689. The quantitative estimate of drug-likeness (QED) is 0.793. The Morgan fingerprint density at radius 3 is 2.68 bits per heavy atom. The van der Waals surface area contributed by atoms with Gasteiger partial charge in [0.1, 0.15) is 5.82 Å². The zero-order valence-corrected chi connectivity index (χ0v) is 11.1. The smallest absolute Gasteiger partial charge is 0.322 e. The first-order chi connectivity index (χ1) is 9.09. The number of carbonyl (C=O) groups is 1. The van der Waals surface area contributed by atoms with E-state index in [2.05, 4.69) is 15.3 Å². The fourth-order valence-corrected chi connectivity index (χ4v) is 2.97. The number of anilines is 1. The molecule has 2 heterocycles. The summed E-state index contributed by atoms with van der Waals surface area (Å²) >= 11 is 0. The van der Waals surface area contributed by atoms with E-state index in [9.17, 15) is 4.79 Å². The van der Waals surface area contributed by atoms with Gasteiger partial charge in [0, 0.05) is 24.5 Å². The molecule has 1 aliphatic heterocycles. The molecular formula is C13H19N5O. The van der Waals surface area contributed by atoms with Gasteiger partial charge in [-0.15, -0.1) is 0 Å². The molecule has 1 aromatic heterocycles. The Morgan fingerprint density at radius 2 is 2.16 bits per heavy atom. The number of nitrogens with one attached hydrogen (secondary N) is 1. The Hall–Kier alpha value is -1.69. The summed E-state index contributed by atoms with van der Waals surface area (Å²) in [5.41, 5.74) is 6.98. The summed E-state index contributed by atoms with van der Waals surface area (Å²) in [4.78, 5) is 22.1. The number of hydrogen-bond donors (Lipinski definition) is 2. The first-order valence-corrected chi connectivity index (χ1v) is 6.69. The van der Waals surface area contributed by atoms with E-state index in [-0.39, 0.29) is 17.5 Å². The highest BCUT2D eigenvalue weighted by Gasteiger charge is 2.49. The molecule has 0 radical (unpaired) electrons. The second-order valence-corrected chi connectivity index (χ2v) is 5.65. The minimum absolute atomic E-state index is 0.105. The number of aromatic nitrogens is 2. The third kappa shape index (κ3) is 2.16. The summed E-state index contributed by atoms with van der Waals surface area (Å²) in [5, 5.41) is 2.82. The molecule has 1 spiro atoms. The van der Waals surface area contributed by atoms with Crippen molar-refractivity contribution in [2.24, 2.45) is 11.1 Å². The van der Waals surface area contributed by atoms with Gasteiger partial charge < -0.3 is 16.0 Å². The highest BCUT2D eigenvalue weighted by molar-refractivity contribution is 5.89. The zero-order valence-electron chi connectivity index (χ0n) is 11.1. The summed E-state index contributed by atoms with van der Waals surface area (Å²) in [6.45, 7) is 3.22. The molecule has 1 saturated carbocycles. The molecule has 0 bridgehead atoms. The molecule has 6 nitrogen and oxygen atoms in total. The van der Waals surface area contributed by atoms with E-state index in [1.54, 1.807) is 12.4 Å².